The molecule has 0 amide bonds. The molecule has 0 aromatic carbocycles. The highest BCUT2D eigenvalue weighted by Crippen LogP contribution is 2.24. The second-order valence-electron chi connectivity index (χ2n) is 6.16. The van der Waals surface area contributed by atoms with Gasteiger partial charge in [0.2, 0.25) is 0 Å². The number of hydrogen-bond acceptors (Lipinski definition) is 4. The molecule has 118 valence electrons. The van der Waals surface area contributed by atoms with Crippen LogP contribution in [-0.4, -0.2) is 51.7 Å². The van der Waals surface area contributed by atoms with Gasteiger partial charge in [0.15, 0.2) is 0 Å². The second-order valence-corrected chi connectivity index (χ2v) is 6.16. The van der Waals surface area contributed by atoms with Gasteiger partial charge >= 0.3 is 0 Å². The first-order valence-electron chi connectivity index (χ1n) is 8.29. The Morgan fingerprint density at radius 2 is 2.10 bits per heavy atom. The summed E-state index contributed by atoms with van der Waals surface area (Å²) >= 11 is 0. The highest BCUT2D eigenvalue weighted by atomic mass is 16.5. The van der Waals surface area contributed by atoms with Crippen molar-refractivity contribution in [1.29, 1.82) is 0 Å². The second kappa shape index (κ2) is 8.98. The highest BCUT2D eigenvalue weighted by Gasteiger charge is 2.28. The lowest BCUT2D eigenvalue weighted by atomic mass is 9.94. The summed E-state index contributed by atoms with van der Waals surface area (Å²) in [6.45, 7) is 5.88. The van der Waals surface area contributed by atoms with E-state index in [0.717, 1.165) is 39.2 Å². The Balaban J connectivity index is 1.75. The van der Waals surface area contributed by atoms with Gasteiger partial charge in [-0.1, -0.05) is 6.92 Å². The van der Waals surface area contributed by atoms with Gasteiger partial charge < -0.3 is 19.5 Å². The molecular weight excluding hydrogens is 254 g/mol. The third-order valence-electron chi connectivity index (χ3n) is 4.61. The minimum Gasteiger partial charge on any atom is -0.381 e. The van der Waals surface area contributed by atoms with Gasteiger partial charge in [0.1, 0.15) is 0 Å². The number of rotatable bonds is 8. The molecular formula is C16H31NO3. The van der Waals surface area contributed by atoms with Crippen LogP contribution in [0.25, 0.3) is 0 Å². The van der Waals surface area contributed by atoms with Crippen molar-refractivity contribution in [2.45, 2.75) is 63.7 Å². The Hall–Kier alpha value is -0.160. The zero-order chi connectivity index (χ0) is 14.2. The largest absolute Gasteiger partial charge is 0.381 e. The van der Waals surface area contributed by atoms with Crippen molar-refractivity contribution in [2.75, 3.05) is 33.5 Å². The zero-order valence-corrected chi connectivity index (χ0v) is 13.1. The summed E-state index contributed by atoms with van der Waals surface area (Å²) in [7, 11) is 1.81. The first-order valence-corrected chi connectivity index (χ1v) is 8.29. The molecule has 0 radical (unpaired) electrons. The molecule has 0 spiro atoms. The molecule has 4 unspecified atom stereocenters. The van der Waals surface area contributed by atoms with E-state index in [9.17, 15) is 0 Å². The van der Waals surface area contributed by atoms with E-state index in [4.69, 9.17) is 14.2 Å². The first kappa shape index (κ1) is 16.2. The van der Waals surface area contributed by atoms with Crippen LogP contribution in [0.3, 0.4) is 0 Å². The van der Waals surface area contributed by atoms with Crippen molar-refractivity contribution >= 4 is 0 Å². The van der Waals surface area contributed by atoms with Crippen molar-refractivity contribution in [2.24, 2.45) is 5.92 Å². The molecule has 0 aromatic heterocycles. The summed E-state index contributed by atoms with van der Waals surface area (Å²) in [5, 5.41) is 3.64. The first-order chi connectivity index (χ1) is 9.83. The standard InChI is InChI=1S/C16H31NO3/c1-3-8-17-16(13-7-9-19-11-13)12-20-15-6-4-5-14(10-15)18-2/h13-17H,3-12H2,1-2H3. The summed E-state index contributed by atoms with van der Waals surface area (Å²) in [6.07, 6.45) is 7.75. The molecule has 4 nitrogen and oxygen atoms in total. The molecule has 4 heteroatoms. The topological polar surface area (TPSA) is 39.7 Å². The predicted octanol–water partition coefficient (Wildman–Crippen LogP) is 2.37. The lowest BCUT2D eigenvalue weighted by Crippen LogP contribution is -2.42. The van der Waals surface area contributed by atoms with Crippen molar-refractivity contribution in [3.05, 3.63) is 0 Å². The molecule has 1 aliphatic carbocycles. The van der Waals surface area contributed by atoms with Gasteiger partial charge in [0.05, 0.1) is 25.4 Å². The van der Waals surface area contributed by atoms with Gasteiger partial charge in [-0.05, 0) is 45.1 Å². The van der Waals surface area contributed by atoms with Gasteiger partial charge in [0.25, 0.3) is 0 Å². The Morgan fingerprint density at radius 3 is 2.80 bits per heavy atom. The number of methoxy groups -OCH3 is 1. The van der Waals surface area contributed by atoms with Crippen molar-refractivity contribution < 1.29 is 14.2 Å². The normalized spacial score (nSPS) is 32.4. The van der Waals surface area contributed by atoms with Crippen LogP contribution in [0.1, 0.15) is 45.4 Å². The lowest BCUT2D eigenvalue weighted by Gasteiger charge is -2.31. The summed E-state index contributed by atoms with van der Waals surface area (Å²) in [4.78, 5) is 0. The van der Waals surface area contributed by atoms with Crippen LogP contribution in [0.5, 0.6) is 0 Å². The van der Waals surface area contributed by atoms with E-state index < -0.39 is 0 Å². The highest BCUT2D eigenvalue weighted by molar-refractivity contribution is 4.81. The van der Waals surface area contributed by atoms with E-state index in [-0.39, 0.29) is 0 Å². The summed E-state index contributed by atoms with van der Waals surface area (Å²) in [5.41, 5.74) is 0. The van der Waals surface area contributed by atoms with E-state index in [2.05, 4.69) is 12.2 Å². The molecule has 20 heavy (non-hydrogen) atoms. The van der Waals surface area contributed by atoms with Crippen LogP contribution in [0.2, 0.25) is 0 Å². The average molecular weight is 285 g/mol. The monoisotopic (exact) mass is 285 g/mol. The fourth-order valence-electron chi connectivity index (χ4n) is 3.27. The van der Waals surface area contributed by atoms with Crippen LogP contribution in [0.4, 0.5) is 0 Å². The third-order valence-corrected chi connectivity index (χ3v) is 4.61. The smallest absolute Gasteiger partial charge is 0.0626 e. The summed E-state index contributed by atoms with van der Waals surface area (Å²) in [5.74, 6) is 0.614. The fraction of sp³-hybridized carbons (Fsp3) is 1.00. The van der Waals surface area contributed by atoms with Crippen LogP contribution in [0.15, 0.2) is 0 Å². The molecule has 0 bridgehead atoms. The lowest BCUT2D eigenvalue weighted by molar-refractivity contribution is -0.0399. The maximum Gasteiger partial charge on any atom is 0.0626 e. The van der Waals surface area contributed by atoms with Gasteiger partial charge in [-0.3, -0.25) is 0 Å². The molecule has 1 N–H and O–H groups in total. The van der Waals surface area contributed by atoms with E-state index >= 15 is 0 Å². The van der Waals surface area contributed by atoms with Crippen LogP contribution >= 0.6 is 0 Å². The average Bonchev–Trinajstić information content (AvgIpc) is 3.02. The van der Waals surface area contributed by atoms with Gasteiger partial charge in [0, 0.05) is 25.7 Å². The number of hydrogen-bond donors (Lipinski definition) is 1. The Morgan fingerprint density at radius 1 is 1.25 bits per heavy atom. The summed E-state index contributed by atoms with van der Waals surface area (Å²) < 4.78 is 17.2. The van der Waals surface area contributed by atoms with Gasteiger partial charge in [-0.25, -0.2) is 0 Å². The zero-order valence-electron chi connectivity index (χ0n) is 13.1. The van der Waals surface area contributed by atoms with Crippen LogP contribution in [-0.2, 0) is 14.2 Å². The van der Waals surface area contributed by atoms with E-state index in [1.165, 1.54) is 25.7 Å². The van der Waals surface area contributed by atoms with E-state index in [0.29, 0.717) is 24.2 Å². The Bertz CT molecular complexity index is 256. The van der Waals surface area contributed by atoms with Crippen molar-refractivity contribution in [1.82, 2.24) is 5.32 Å². The Labute approximate surface area is 123 Å². The maximum absolute atomic E-state index is 6.19. The molecule has 2 aliphatic rings. The van der Waals surface area contributed by atoms with Gasteiger partial charge in [-0.15, -0.1) is 0 Å². The number of nitrogens with one attached hydrogen (secondary N) is 1. The molecule has 2 fully saturated rings. The maximum atomic E-state index is 6.19. The SMILES string of the molecule is CCCNC(COC1CCCC(OC)C1)C1CCOC1. The quantitative estimate of drug-likeness (QED) is 0.743. The molecule has 1 saturated heterocycles. The minimum atomic E-state index is 0.377. The minimum absolute atomic E-state index is 0.377. The van der Waals surface area contributed by atoms with Gasteiger partial charge in [-0.2, -0.15) is 0 Å². The van der Waals surface area contributed by atoms with Crippen LogP contribution < -0.4 is 5.32 Å². The van der Waals surface area contributed by atoms with E-state index in [1.807, 2.05) is 7.11 Å². The Kier molecular flexibility index (Phi) is 7.28. The molecule has 4 atom stereocenters. The third kappa shape index (κ3) is 4.99. The predicted molar refractivity (Wildman–Crippen MR) is 80.0 cm³/mol. The molecule has 2 rings (SSSR count). The van der Waals surface area contributed by atoms with Crippen molar-refractivity contribution in [3.8, 4) is 0 Å². The van der Waals surface area contributed by atoms with Crippen LogP contribution in [0, 0.1) is 5.92 Å². The van der Waals surface area contributed by atoms with E-state index in [1.54, 1.807) is 0 Å². The molecule has 1 saturated carbocycles. The molecule has 0 aromatic rings. The number of ether oxygens (including phenoxy) is 3. The molecule has 1 heterocycles. The fourth-order valence-corrected chi connectivity index (χ4v) is 3.27. The van der Waals surface area contributed by atoms with Crippen molar-refractivity contribution in [3.63, 3.8) is 0 Å². The molecule has 1 aliphatic heterocycles. The summed E-state index contributed by atoms with van der Waals surface area (Å²) in [6, 6.07) is 0.445.